The SMILES string of the molecule is CC12Cc3c(c(-c4cc5cc(F)c(C(=O)O)cc5[nH]4)nn3PI)CC1C2(F)F. The molecule has 0 saturated heterocycles. The van der Waals surface area contributed by atoms with Crippen molar-refractivity contribution in [1.82, 2.24) is 14.5 Å². The normalized spacial score (nSPS) is 25.2. The summed E-state index contributed by atoms with van der Waals surface area (Å²) in [5.74, 6) is -5.54. The standard InChI is InChI=1S/C18H14F3IN3O2P/c1-17-6-13-9(5-14(17)18(17,20)21)15(24-25(13)28-22)12-3-7-2-10(19)8(16(26)27)4-11(7)23-12/h2-4,14,23,28H,5-6H2,1H3,(H,26,27). The number of halogens is 4. The van der Waals surface area contributed by atoms with Gasteiger partial charge in [-0.2, -0.15) is 5.10 Å². The second-order valence-electron chi connectivity index (χ2n) is 7.65. The number of carbonyl (C=O) groups is 1. The van der Waals surface area contributed by atoms with Gasteiger partial charge in [0, 0.05) is 39.9 Å². The van der Waals surface area contributed by atoms with Crippen molar-refractivity contribution < 1.29 is 23.1 Å². The van der Waals surface area contributed by atoms with Gasteiger partial charge in [-0.1, -0.05) is 6.92 Å². The van der Waals surface area contributed by atoms with Crippen molar-refractivity contribution in [3.8, 4) is 11.4 Å². The quantitative estimate of drug-likeness (QED) is 0.377. The molecule has 1 aromatic carbocycles. The number of hydrogen-bond donors (Lipinski definition) is 2. The van der Waals surface area contributed by atoms with E-state index in [1.165, 1.54) is 6.07 Å². The minimum atomic E-state index is -2.68. The molecule has 2 N–H and O–H groups in total. The van der Waals surface area contributed by atoms with Crippen molar-refractivity contribution in [2.45, 2.75) is 25.7 Å². The summed E-state index contributed by atoms with van der Waals surface area (Å²) in [6.45, 7) is 1.63. The molecule has 1 saturated carbocycles. The molecule has 2 aromatic heterocycles. The van der Waals surface area contributed by atoms with Gasteiger partial charge in [0.25, 0.3) is 5.92 Å². The summed E-state index contributed by atoms with van der Waals surface area (Å²) < 4.78 is 44.4. The Morgan fingerprint density at radius 3 is 2.86 bits per heavy atom. The number of alkyl halides is 2. The third-order valence-corrected chi connectivity index (χ3v) is 8.09. The molecule has 5 nitrogen and oxygen atoms in total. The summed E-state index contributed by atoms with van der Waals surface area (Å²) in [5, 5.41) is 14.2. The van der Waals surface area contributed by atoms with E-state index in [2.05, 4.69) is 32.1 Å². The first kappa shape index (κ1) is 18.4. The van der Waals surface area contributed by atoms with Crippen LogP contribution in [-0.2, 0) is 12.8 Å². The Labute approximate surface area is 172 Å². The molecule has 1 fully saturated rings. The molecule has 0 bridgehead atoms. The maximum Gasteiger partial charge on any atom is 0.338 e. The average Bonchev–Trinajstić information content (AvgIpc) is 3.00. The van der Waals surface area contributed by atoms with Gasteiger partial charge in [-0.25, -0.2) is 22.4 Å². The number of carboxylic acid groups (broad SMARTS) is 1. The fourth-order valence-electron chi connectivity index (χ4n) is 4.43. The number of hydrogen-bond acceptors (Lipinski definition) is 2. The Morgan fingerprint density at radius 2 is 2.18 bits per heavy atom. The van der Waals surface area contributed by atoms with Crippen molar-refractivity contribution >= 4 is 45.3 Å². The Bertz CT molecular complexity index is 1170. The number of H-pyrrole nitrogens is 1. The molecule has 2 aliphatic carbocycles. The first-order chi connectivity index (χ1) is 13.2. The third-order valence-electron chi connectivity index (χ3n) is 6.19. The highest BCUT2D eigenvalue weighted by Gasteiger charge is 2.78. The number of benzene rings is 1. The van der Waals surface area contributed by atoms with Gasteiger partial charge in [0.15, 0.2) is 0 Å². The maximum atomic E-state index is 14.3. The predicted octanol–water partition coefficient (Wildman–Crippen LogP) is 5.03. The lowest BCUT2D eigenvalue weighted by Crippen LogP contribution is -2.16. The zero-order valence-electron chi connectivity index (χ0n) is 14.5. The van der Waals surface area contributed by atoms with E-state index >= 15 is 0 Å². The molecule has 10 heteroatoms. The molecule has 146 valence electrons. The summed E-state index contributed by atoms with van der Waals surface area (Å²) in [5.41, 5.74) is 1.82. The molecular weight excluding hydrogens is 505 g/mol. The molecule has 3 atom stereocenters. The number of nitrogens with one attached hydrogen (secondary N) is 1. The minimum Gasteiger partial charge on any atom is -0.478 e. The molecule has 3 aromatic rings. The number of fused-ring (bicyclic) bond motifs is 3. The Morgan fingerprint density at radius 1 is 1.43 bits per heavy atom. The minimum absolute atomic E-state index is 0.249. The first-order valence-corrected chi connectivity index (χ1v) is 12.6. The van der Waals surface area contributed by atoms with Gasteiger partial charge in [-0.3, -0.25) is 0 Å². The largest absolute Gasteiger partial charge is 0.478 e. The lowest BCUT2D eigenvalue weighted by Gasteiger charge is -2.17. The van der Waals surface area contributed by atoms with E-state index in [9.17, 15) is 18.0 Å². The molecule has 28 heavy (non-hydrogen) atoms. The summed E-state index contributed by atoms with van der Waals surface area (Å²) in [4.78, 5) is 14.3. The molecule has 0 spiro atoms. The topological polar surface area (TPSA) is 70.9 Å². The fourth-order valence-corrected chi connectivity index (χ4v) is 6.08. The molecule has 0 amide bonds. The second kappa shape index (κ2) is 5.72. The van der Waals surface area contributed by atoms with Gasteiger partial charge in [-0.15, -0.1) is 0 Å². The van der Waals surface area contributed by atoms with Gasteiger partial charge in [0.1, 0.15) is 11.5 Å². The average molecular weight is 519 g/mol. The van der Waals surface area contributed by atoms with Gasteiger partial charge in [-0.05, 0) is 46.7 Å². The zero-order valence-corrected chi connectivity index (χ0v) is 17.6. The molecular formula is C18H14F3IN3O2P. The summed E-state index contributed by atoms with van der Waals surface area (Å²) in [7, 11) is 0. The van der Waals surface area contributed by atoms with E-state index in [-0.39, 0.29) is 19.2 Å². The van der Waals surface area contributed by atoms with E-state index in [4.69, 9.17) is 5.11 Å². The molecule has 0 radical (unpaired) electrons. The zero-order chi connectivity index (χ0) is 20.0. The number of aromatic nitrogens is 3. The van der Waals surface area contributed by atoms with Crippen LogP contribution < -0.4 is 0 Å². The van der Waals surface area contributed by atoms with E-state index in [0.29, 0.717) is 22.3 Å². The number of nitrogens with zero attached hydrogens (tertiary/aromatic N) is 2. The third kappa shape index (κ3) is 2.29. The number of rotatable bonds is 3. The van der Waals surface area contributed by atoms with Crippen LogP contribution in [0.2, 0.25) is 0 Å². The Hall–Kier alpha value is -1.61. The van der Waals surface area contributed by atoms with E-state index in [1.807, 2.05) is 0 Å². The van der Waals surface area contributed by atoms with Crippen LogP contribution in [0, 0.1) is 17.2 Å². The van der Waals surface area contributed by atoms with E-state index in [0.717, 1.165) is 17.3 Å². The summed E-state index contributed by atoms with van der Waals surface area (Å²) in [6.07, 6.45) is 0.800. The molecule has 2 heterocycles. The smallest absolute Gasteiger partial charge is 0.338 e. The van der Waals surface area contributed by atoms with Crippen LogP contribution in [-0.4, -0.2) is 31.5 Å². The van der Waals surface area contributed by atoms with Crippen molar-refractivity contribution in [3.63, 3.8) is 0 Å². The second-order valence-corrected chi connectivity index (χ2v) is 9.69. The lowest BCUT2D eigenvalue weighted by molar-refractivity contribution is 0.0630. The van der Waals surface area contributed by atoms with Gasteiger partial charge in [0.05, 0.1) is 17.6 Å². The molecule has 2 aliphatic rings. The van der Waals surface area contributed by atoms with E-state index < -0.39 is 34.6 Å². The van der Waals surface area contributed by atoms with Crippen molar-refractivity contribution in [2.24, 2.45) is 11.3 Å². The van der Waals surface area contributed by atoms with Crippen LogP contribution in [0.1, 0.15) is 28.5 Å². The van der Waals surface area contributed by atoms with Crippen LogP contribution in [0.25, 0.3) is 22.3 Å². The number of carboxylic acids is 1. The maximum absolute atomic E-state index is 14.3. The van der Waals surface area contributed by atoms with Crippen LogP contribution in [0.4, 0.5) is 13.2 Å². The Kier molecular flexibility index (Phi) is 3.76. The van der Waals surface area contributed by atoms with Crippen LogP contribution >= 0.6 is 28.4 Å². The highest BCUT2D eigenvalue weighted by molar-refractivity contribution is 14.2. The van der Waals surface area contributed by atoms with Crippen LogP contribution in [0.5, 0.6) is 0 Å². The van der Waals surface area contributed by atoms with Gasteiger partial charge in [0.2, 0.25) is 0 Å². The monoisotopic (exact) mass is 519 g/mol. The van der Waals surface area contributed by atoms with Crippen LogP contribution in [0.15, 0.2) is 18.2 Å². The predicted molar refractivity (Wildman–Crippen MR) is 108 cm³/mol. The number of aromatic carboxylic acids is 1. The summed E-state index contributed by atoms with van der Waals surface area (Å²) >= 11 is 2.17. The highest BCUT2D eigenvalue weighted by atomic mass is 127. The number of aromatic amines is 1. The lowest BCUT2D eigenvalue weighted by atomic mass is 9.87. The molecule has 0 aliphatic heterocycles. The van der Waals surface area contributed by atoms with Crippen molar-refractivity contribution in [2.75, 3.05) is 0 Å². The van der Waals surface area contributed by atoms with Gasteiger partial charge < -0.3 is 10.1 Å². The fraction of sp³-hybridized carbons (Fsp3) is 0.333. The Balaban J connectivity index is 1.65. The molecule has 3 unspecified atom stereocenters. The summed E-state index contributed by atoms with van der Waals surface area (Å²) in [6, 6.07) is 4.09. The molecule has 5 rings (SSSR count). The van der Waals surface area contributed by atoms with Gasteiger partial charge >= 0.3 is 5.97 Å². The van der Waals surface area contributed by atoms with E-state index in [1.54, 1.807) is 17.4 Å². The highest BCUT2D eigenvalue weighted by Crippen LogP contribution is 2.70. The first-order valence-electron chi connectivity index (χ1n) is 8.58. The van der Waals surface area contributed by atoms with Crippen LogP contribution in [0.3, 0.4) is 0 Å². The van der Waals surface area contributed by atoms with Crippen molar-refractivity contribution in [3.05, 3.63) is 40.8 Å². The van der Waals surface area contributed by atoms with Crippen molar-refractivity contribution in [1.29, 1.82) is 0 Å².